The zero-order valence-corrected chi connectivity index (χ0v) is 10.1. The Labute approximate surface area is 103 Å². The monoisotopic (exact) mass is 262 g/mol. The third kappa shape index (κ3) is 4.28. The summed E-state index contributed by atoms with van der Waals surface area (Å²) in [6.07, 6.45) is 0.888. The summed E-state index contributed by atoms with van der Waals surface area (Å²) in [5.41, 5.74) is -0.198. The molecule has 0 unspecified atom stereocenters. The maximum Gasteiger partial charge on any atom is 0.238 e. The van der Waals surface area contributed by atoms with E-state index in [0.717, 1.165) is 12.5 Å². The molecule has 2 N–H and O–H groups in total. The van der Waals surface area contributed by atoms with Gasteiger partial charge in [0.2, 0.25) is 5.91 Å². The standard InChI is InChI=1S/C11H13ClF2N2O/c1-2-3-15-6-10(17)16-11-8(12)4-7(13)5-9(11)14/h4-5,15H,2-3,6H2,1H3,(H,16,17). The van der Waals surface area contributed by atoms with Crippen LogP contribution in [-0.2, 0) is 4.79 Å². The molecule has 0 bridgehead atoms. The van der Waals surface area contributed by atoms with Crippen LogP contribution in [0.15, 0.2) is 12.1 Å². The van der Waals surface area contributed by atoms with Crippen molar-refractivity contribution in [2.24, 2.45) is 0 Å². The van der Waals surface area contributed by atoms with E-state index >= 15 is 0 Å². The van der Waals surface area contributed by atoms with Crippen LogP contribution < -0.4 is 10.6 Å². The second-order valence-corrected chi connectivity index (χ2v) is 3.88. The molecule has 1 aromatic rings. The van der Waals surface area contributed by atoms with E-state index in [4.69, 9.17) is 11.6 Å². The van der Waals surface area contributed by atoms with Gasteiger partial charge in [-0.3, -0.25) is 4.79 Å². The minimum absolute atomic E-state index is 0.0565. The Bertz CT molecular complexity index is 389. The fourth-order valence-corrected chi connectivity index (χ4v) is 1.47. The molecule has 0 heterocycles. The van der Waals surface area contributed by atoms with Gasteiger partial charge in [0.1, 0.15) is 5.82 Å². The van der Waals surface area contributed by atoms with Crippen LogP contribution in [0.25, 0.3) is 0 Å². The van der Waals surface area contributed by atoms with E-state index in [1.807, 2.05) is 6.92 Å². The van der Waals surface area contributed by atoms with Gasteiger partial charge in [-0.2, -0.15) is 0 Å². The smallest absolute Gasteiger partial charge is 0.238 e. The summed E-state index contributed by atoms with van der Waals surface area (Å²) in [6, 6.07) is 1.61. The van der Waals surface area contributed by atoms with Crippen molar-refractivity contribution in [2.45, 2.75) is 13.3 Å². The molecule has 1 aromatic carbocycles. The molecule has 0 saturated carbocycles. The lowest BCUT2D eigenvalue weighted by Gasteiger charge is -2.09. The van der Waals surface area contributed by atoms with Crippen molar-refractivity contribution < 1.29 is 13.6 Å². The number of nitrogens with one attached hydrogen (secondary N) is 2. The number of amides is 1. The van der Waals surface area contributed by atoms with Gasteiger partial charge in [-0.25, -0.2) is 8.78 Å². The summed E-state index contributed by atoms with van der Waals surface area (Å²) in [6.45, 7) is 2.70. The third-order valence-corrected chi connectivity index (χ3v) is 2.28. The number of carbonyl (C=O) groups excluding carboxylic acids is 1. The first-order valence-electron chi connectivity index (χ1n) is 5.19. The Morgan fingerprint density at radius 2 is 2.12 bits per heavy atom. The fourth-order valence-electron chi connectivity index (χ4n) is 1.22. The first-order chi connectivity index (χ1) is 8.04. The molecule has 0 aliphatic rings. The van der Waals surface area contributed by atoms with Gasteiger partial charge in [0.15, 0.2) is 5.82 Å². The minimum Gasteiger partial charge on any atom is -0.321 e. The fraction of sp³-hybridized carbons (Fsp3) is 0.364. The Hall–Kier alpha value is -1.20. The second kappa shape index (κ2) is 6.51. The van der Waals surface area contributed by atoms with E-state index in [1.54, 1.807) is 0 Å². The number of anilines is 1. The average Bonchev–Trinajstić information content (AvgIpc) is 2.24. The van der Waals surface area contributed by atoms with E-state index in [2.05, 4.69) is 10.6 Å². The van der Waals surface area contributed by atoms with E-state index in [1.165, 1.54) is 0 Å². The van der Waals surface area contributed by atoms with E-state index < -0.39 is 17.5 Å². The summed E-state index contributed by atoms with van der Waals surface area (Å²) in [4.78, 5) is 11.4. The molecule has 0 spiro atoms. The maximum atomic E-state index is 13.3. The minimum atomic E-state index is -0.890. The summed E-state index contributed by atoms with van der Waals surface area (Å²) in [5.74, 6) is -2.10. The molecular weight excluding hydrogens is 250 g/mol. The molecule has 0 aromatic heterocycles. The number of hydrogen-bond donors (Lipinski definition) is 2. The van der Waals surface area contributed by atoms with Gasteiger partial charge >= 0.3 is 0 Å². The predicted molar refractivity (Wildman–Crippen MR) is 63.2 cm³/mol. The van der Waals surface area contributed by atoms with Crippen LogP contribution in [0.3, 0.4) is 0 Å². The number of hydrogen-bond acceptors (Lipinski definition) is 2. The third-order valence-electron chi connectivity index (χ3n) is 1.98. The van der Waals surface area contributed by atoms with Crippen LogP contribution in [0, 0.1) is 11.6 Å². The maximum absolute atomic E-state index is 13.3. The molecule has 3 nitrogen and oxygen atoms in total. The quantitative estimate of drug-likeness (QED) is 0.801. The number of rotatable bonds is 5. The molecule has 0 aliphatic heterocycles. The van der Waals surface area contributed by atoms with Crippen molar-refractivity contribution in [1.29, 1.82) is 0 Å². The molecule has 1 amide bonds. The van der Waals surface area contributed by atoms with E-state index in [0.29, 0.717) is 12.6 Å². The molecule has 17 heavy (non-hydrogen) atoms. The van der Waals surface area contributed by atoms with Crippen LogP contribution in [-0.4, -0.2) is 19.0 Å². The summed E-state index contributed by atoms with van der Waals surface area (Å²) in [7, 11) is 0. The molecule has 0 radical (unpaired) electrons. The van der Waals surface area contributed by atoms with Gasteiger partial charge in [0.25, 0.3) is 0 Å². The van der Waals surface area contributed by atoms with E-state index in [-0.39, 0.29) is 17.3 Å². The van der Waals surface area contributed by atoms with E-state index in [9.17, 15) is 13.6 Å². The molecule has 0 aliphatic carbocycles. The molecule has 94 valence electrons. The summed E-state index contributed by atoms with van der Waals surface area (Å²) < 4.78 is 26.0. The first kappa shape index (κ1) is 13.9. The average molecular weight is 263 g/mol. The van der Waals surface area contributed by atoms with Crippen LogP contribution >= 0.6 is 11.6 Å². The second-order valence-electron chi connectivity index (χ2n) is 3.47. The Morgan fingerprint density at radius 3 is 2.71 bits per heavy atom. The highest BCUT2D eigenvalue weighted by Gasteiger charge is 2.12. The Kier molecular flexibility index (Phi) is 5.31. The SMILES string of the molecule is CCCNCC(=O)Nc1c(F)cc(F)cc1Cl. The molecular formula is C11H13ClF2N2O. The molecule has 0 atom stereocenters. The van der Waals surface area contributed by atoms with Crippen molar-refractivity contribution in [3.8, 4) is 0 Å². The lowest BCUT2D eigenvalue weighted by Crippen LogP contribution is -2.28. The number of benzene rings is 1. The Balaban J connectivity index is 2.65. The van der Waals surface area contributed by atoms with Gasteiger partial charge in [0.05, 0.1) is 17.3 Å². The van der Waals surface area contributed by atoms with Gasteiger partial charge < -0.3 is 10.6 Å². The van der Waals surface area contributed by atoms with Gasteiger partial charge in [0, 0.05) is 6.07 Å². The van der Waals surface area contributed by atoms with Crippen LogP contribution in [0.5, 0.6) is 0 Å². The van der Waals surface area contributed by atoms with Gasteiger partial charge in [-0.05, 0) is 19.0 Å². The molecule has 6 heteroatoms. The molecule has 0 saturated heterocycles. The van der Waals surface area contributed by atoms with Crippen molar-refractivity contribution in [2.75, 3.05) is 18.4 Å². The highest BCUT2D eigenvalue weighted by molar-refractivity contribution is 6.33. The number of carbonyl (C=O) groups is 1. The van der Waals surface area contributed by atoms with Crippen LogP contribution in [0.1, 0.15) is 13.3 Å². The van der Waals surface area contributed by atoms with Crippen molar-refractivity contribution >= 4 is 23.2 Å². The normalized spacial score (nSPS) is 10.4. The highest BCUT2D eigenvalue weighted by Crippen LogP contribution is 2.26. The lowest BCUT2D eigenvalue weighted by molar-refractivity contribution is -0.115. The van der Waals surface area contributed by atoms with Crippen molar-refractivity contribution in [1.82, 2.24) is 5.32 Å². The summed E-state index contributed by atoms with van der Waals surface area (Å²) in [5, 5.41) is 4.98. The largest absolute Gasteiger partial charge is 0.321 e. The Morgan fingerprint density at radius 1 is 1.41 bits per heavy atom. The lowest BCUT2D eigenvalue weighted by atomic mass is 10.3. The van der Waals surface area contributed by atoms with Crippen LogP contribution in [0.2, 0.25) is 5.02 Å². The summed E-state index contributed by atoms with van der Waals surface area (Å²) >= 11 is 5.63. The predicted octanol–water partition coefficient (Wildman–Crippen LogP) is 2.56. The van der Waals surface area contributed by atoms with Gasteiger partial charge in [-0.1, -0.05) is 18.5 Å². The molecule has 0 fully saturated rings. The van der Waals surface area contributed by atoms with Gasteiger partial charge in [-0.15, -0.1) is 0 Å². The van der Waals surface area contributed by atoms with Crippen LogP contribution in [0.4, 0.5) is 14.5 Å². The first-order valence-corrected chi connectivity index (χ1v) is 5.57. The van der Waals surface area contributed by atoms with Crippen molar-refractivity contribution in [3.63, 3.8) is 0 Å². The topological polar surface area (TPSA) is 41.1 Å². The highest BCUT2D eigenvalue weighted by atomic mass is 35.5. The van der Waals surface area contributed by atoms with Crippen molar-refractivity contribution in [3.05, 3.63) is 28.8 Å². The number of halogens is 3. The molecule has 1 rings (SSSR count). The zero-order chi connectivity index (χ0) is 12.8. The zero-order valence-electron chi connectivity index (χ0n) is 9.32.